The molecule has 0 saturated heterocycles. The molecule has 1 aliphatic rings. The molecule has 0 unspecified atom stereocenters. The molecule has 0 spiro atoms. The van der Waals surface area contributed by atoms with Gasteiger partial charge in [-0.15, -0.1) is 0 Å². The van der Waals surface area contributed by atoms with E-state index in [1.165, 1.54) is 24.1 Å². The van der Waals surface area contributed by atoms with Crippen LogP contribution in [0.3, 0.4) is 0 Å². The van der Waals surface area contributed by atoms with E-state index in [1.807, 2.05) is 19.2 Å². The van der Waals surface area contributed by atoms with Gasteiger partial charge in [-0.3, -0.25) is 0 Å². The number of halogens is 1. The molecule has 0 aliphatic heterocycles. The van der Waals surface area contributed by atoms with Gasteiger partial charge in [-0.1, -0.05) is 23.7 Å². The second kappa shape index (κ2) is 6.41. The van der Waals surface area contributed by atoms with E-state index in [2.05, 4.69) is 16.3 Å². The Balaban J connectivity index is 2.26. The van der Waals surface area contributed by atoms with Gasteiger partial charge in [-0.05, 0) is 31.5 Å². The summed E-state index contributed by atoms with van der Waals surface area (Å²) in [7, 11) is 3.70. The summed E-state index contributed by atoms with van der Waals surface area (Å²) in [5, 5.41) is 4.04. The number of anilines is 1. The fourth-order valence-electron chi connectivity index (χ4n) is 2.27. The maximum Gasteiger partial charge on any atom is 0.0643 e. The fraction of sp³-hybridized carbons (Fsp3) is 0.571. The van der Waals surface area contributed by atoms with Crippen molar-refractivity contribution in [1.82, 2.24) is 5.32 Å². The predicted octanol–water partition coefficient (Wildman–Crippen LogP) is 2.67. The number of hydrogen-bond donors (Lipinski definition) is 1. The van der Waals surface area contributed by atoms with Gasteiger partial charge in [0.05, 0.1) is 17.3 Å². The zero-order chi connectivity index (χ0) is 13.0. The Kier molecular flexibility index (Phi) is 4.87. The minimum atomic E-state index is 0.635. The summed E-state index contributed by atoms with van der Waals surface area (Å²) < 4.78 is 5.21. The van der Waals surface area contributed by atoms with Crippen molar-refractivity contribution in [2.75, 3.05) is 32.2 Å². The molecule has 0 bridgehead atoms. The molecule has 0 heterocycles. The van der Waals surface area contributed by atoms with Crippen molar-refractivity contribution < 1.29 is 4.74 Å². The monoisotopic (exact) mass is 268 g/mol. The highest BCUT2D eigenvalue weighted by atomic mass is 35.5. The van der Waals surface area contributed by atoms with Crippen LogP contribution < -0.4 is 10.2 Å². The molecule has 2 rings (SSSR count). The highest BCUT2D eigenvalue weighted by Crippen LogP contribution is 2.37. The molecule has 0 radical (unpaired) electrons. The minimum absolute atomic E-state index is 0.635. The number of para-hydroxylation sites is 1. The van der Waals surface area contributed by atoms with Crippen LogP contribution in [0.5, 0.6) is 0 Å². The van der Waals surface area contributed by atoms with Gasteiger partial charge in [-0.25, -0.2) is 0 Å². The molecule has 0 atom stereocenters. The van der Waals surface area contributed by atoms with E-state index < -0.39 is 0 Å². The Hall–Kier alpha value is -0.770. The van der Waals surface area contributed by atoms with Crippen molar-refractivity contribution in [2.24, 2.45) is 0 Å². The molecule has 18 heavy (non-hydrogen) atoms. The Morgan fingerprint density at radius 3 is 2.83 bits per heavy atom. The van der Waals surface area contributed by atoms with E-state index >= 15 is 0 Å². The lowest BCUT2D eigenvalue weighted by molar-refractivity contribution is 0.205. The number of ether oxygens (including phenoxy) is 1. The molecule has 0 amide bonds. The van der Waals surface area contributed by atoms with E-state index in [4.69, 9.17) is 16.3 Å². The zero-order valence-corrected chi connectivity index (χ0v) is 11.8. The average Bonchev–Trinajstić information content (AvgIpc) is 3.17. The molecule has 1 aromatic rings. The fourth-order valence-corrected chi connectivity index (χ4v) is 2.57. The highest BCUT2D eigenvalue weighted by molar-refractivity contribution is 6.33. The Labute approximate surface area is 114 Å². The van der Waals surface area contributed by atoms with Crippen LogP contribution in [-0.2, 0) is 11.3 Å². The zero-order valence-electron chi connectivity index (χ0n) is 11.1. The van der Waals surface area contributed by atoms with Gasteiger partial charge in [0.1, 0.15) is 0 Å². The molecule has 1 aliphatic carbocycles. The van der Waals surface area contributed by atoms with Crippen molar-refractivity contribution in [3.05, 3.63) is 28.8 Å². The molecule has 1 aromatic carbocycles. The van der Waals surface area contributed by atoms with E-state index in [9.17, 15) is 0 Å². The van der Waals surface area contributed by atoms with Gasteiger partial charge in [0.25, 0.3) is 0 Å². The van der Waals surface area contributed by atoms with Crippen LogP contribution in [0.4, 0.5) is 5.69 Å². The molecule has 0 aromatic heterocycles. The first-order valence-corrected chi connectivity index (χ1v) is 6.83. The summed E-state index contributed by atoms with van der Waals surface area (Å²) in [4.78, 5) is 2.40. The number of rotatable bonds is 7. The third kappa shape index (κ3) is 3.16. The maximum atomic E-state index is 6.40. The van der Waals surface area contributed by atoms with Crippen LogP contribution in [0, 0.1) is 0 Å². The molecule has 100 valence electrons. The minimum Gasteiger partial charge on any atom is -0.383 e. The Morgan fingerprint density at radius 1 is 1.44 bits per heavy atom. The predicted molar refractivity (Wildman–Crippen MR) is 76.5 cm³/mol. The van der Waals surface area contributed by atoms with Gasteiger partial charge in [0.2, 0.25) is 0 Å². The van der Waals surface area contributed by atoms with Gasteiger partial charge in [-0.2, -0.15) is 0 Å². The van der Waals surface area contributed by atoms with E-state index in [0.29, 0.717) is 6.04 Å². The van der Waals surface area contributed by atoms with Crippen molar-refractivity contribution >= 4 is 17.3 Å². The standard InChI is InChI=1S/C14H21ClN2O/c1-16-10-11-4-3-5-13(15)14(11)17(8-9-18-2)12-6-7-12/h3-5,12,16H,6-10H2,1-2H3. The summed E-state index contributed by atoms with van der Waals surface area (Å²) in [5.74, 6) is 0. The third-order valence-corrected chi connectivity index (χ3v) is 3.55. The molecular weight excluding hydrogens is 248 g/mol. The highest BCUT2D eigenvalue weighted by Gasteiger charge is 2.31. The number of hydrogen-bond acceptors (Lipinski definition) is 3. The van der Waals surface area contributed by atoms with Crippen LogP contribution in [0.25, 0.3) is 0 Å². The molecular formula is C14H21ClN2O. The SMILES string of the molecule is CNCc1cccc(Cl)c1N(CCOC)C1CC1. The Bertz CT molecular complexity index is 393. The molecule has 1 N–H and O–H groups in total. The van der Waals surface area contributed by atoms with Crippen molar-refractivity contribution in [1.29, 1.82) is 0 Å². The lowest BCUT2D eigenvalue weighted by Crippen LogP contribution is -2.31. The molecule has 3 nitrogen and oxygen atoms in total. The molecule has 1 saturated carbocycles. The van der Waals surface area contributed by atoms with Crippen LogP contribution in [-0.4, -0.2) is 33.4 Å². The average molecular weight is 269 g/mol. The van der Waals surface area contributed by atoms with Gasteiger partial charge < -0.3 is 15.0 Å². The Morgan fingerprint density at radius 2 is 2.22 bits per heavy atom. The topological polar surface area (TPSA) is 24.5 Å². The van der Waals surface area contributed by atoms with Crippen LogP contribution in [0.1, 0.15) is 18.4 Å². The van der Waals surface area contributed by atoms with Gasteiger partial charge in [0, 0.05) is 26.2 Å². The van der Waals surface area contributed by atoms with E-state index in [1.54, 1.807) is 7.11 Å². The van der Waals surface area contributed by atoms with Crippen LogP contribution in [0.15, 0.2) is 18.2 Å². The first-order valence-electron chi connectivity index (χ1n) is 6.45. The lowest BCUT2D eigenvalue weighted by Gasteiger charge is -2.28. The van der Waals surface area contributed by atoms with Gasteiger partial charge >= 0.3 is 0 Å². The number of methoxy groups -OCH3 is 1. The van der Waals surface area contributed by atoms with Crippen LogP contribution in [0.2, 0.25) is 5.02 Å². The third-order valence-electron chi connectivity index (χ3n) is 3.25. The second-order valence-electron chi connectivity index (χ2n) is 4.70. The molecule has 4 heteroatoms. The summed E-state index contributed by atoms with van der Waals surface area (Å²) >= 11 is 6.40. The number of nitrogens with one attached hydrogen (secondary N) is 1. The summed E-state index contributed by atoms with van der Waals surface area (Å²) in [6.45, 7) is 2.48. The van der Waals surface area contributed by atoms with E-state index in [-0.39, 0.29) is 0 Å². The summed E-state index contributed by atoms with van der Waals surface area (Å²) in [6, 6.07) is 6.76. The summed E-state index contributed by atoms with van der Waals surface area (Å²) in [6.07, 6.45) is 2.52. The smallest absolute Gasteiger partial charge is 0.0643 e. The van der Waals surface area contributed by atoms with Crippen molar-refractivity contribution in [3.63, 3.8) is 0 Å². The normalized spacial score (nSPS) is 14.8. The lowest BCUT2D eigenvalue weighted by atomic mass is 10.1. The second-order valence-corrected chi connectivity index (χ2v) is 5.10. The number of nitrogens with zero attached hydrogens (tertiary/aromatic N) is 1. The van der Waals surface area contributed by atoms with Crippen molar-refractivity contribution in [3.8, 4) is 0 Å². The summed E-state index contributed by atoms with van der Waals surface area (Å²) in [5.41, 5.74) is 2.43. The quantitative estimate of drug-likeness (QED) is 0.823. The molecule has 1 fully saturated rings. The first-order chi connectivity index (χ1) is 8.77. The first kappa shape index (κ1) is 13.7. The largest absolute Gasteiger partial charge is 0.383 e. The number of benzene rings is 1. The van der Waals surface area contributed by atoms with Gasteiger partial charge in [0.15, 0.2) is 0 Å². The van der Waals surface area contributed by atoms with E-state index in [0.717, 1.165) is 24.7 Å². The van der Waals surface area contributed by atoms with Crippen molar-refractivity contribution in [2.45, 2.75) is 25.4 Å². The maximum absolute atomic E-state index is 6.40. The van der Waals surface area contributed by atoms with Crippen LogP contribution >= 0.6 is 11.6 Å².